The van der Waals surface area contributed by atoms with E-state index >= 15 is 0 Å². The van der Waals surface area contributed by atoms with Crippen molar-refractivity contribution in [3.63, 3.8) is 0 Å². The van der Waals surface area contributed by atoms with Crippen molar-refractivity contribution in [2.75, 3.05) is 21.3 Å². The first-order valence-corrected chi connectivity index (χ1v) is 5.02. The number of hydrogen-bond acceptors (Lipinski definition) is 4. The van der Waals surface area contributed by atoms with Crippen molar-refractivity contribution in [2.24, 2.45) is 0 Å². The van der Waals surface area contributed by atoms with Crippen LogP contribution in [-0.2, 0) is 17.6 Å². The Morgan fingerprint density at radius 3 is 2.11 bits per heavy atom. The fourth-order valence-corrected chi connectivity index (χ4v) is 1.54. The molecular formula is C11H14F3NO3. The number of nitrogens with one attached hydrogen (secondary N) is 1. The smallest absolute Gasteiger partial charge is 0.420 e. The molecule has 102 valence electrons. The minimum Gasteiger partial charge on any atom is -0.493 e. The van der Waals surface area contributed by atoms with Crippen LogP contribution in [0.5, 0.6) is 11.5 Å². The molecule has 1 N–H and O–H groups in total. The molecule has 0 radical (unpaired) electrons. The first-order chi connectivity index (χ1) is 8.45. The van der Waals surface area contributed by atoms with Crippen LogP contribution in [0.3, 0.4) is 0 Å². The Balaban J connectivity index is 3.27. The van der Waals surface area contributed by atoms with E-state index in [2.05, 4.69) is 10.3 Å². The second-order valence-corrected chi connectivity index (χ2v) is 3.36. The molecule has 0 aliphatic carbocycles. The molecule has 0 bridgehead atoms. The van der Waals surface area contributed by atoms with Gasteiger partial charge < -0.3 is 14.3 Å². The van der Waals surface area contributed by atoms with Gasteiger partial charge in [0, 0.05) is 12.1 Å². The minimum absolute atomic E-state index is 0.0388. The summed E-state index contributed by atoms with van der Waals surface area (Å²) in [5.74, 6) is -0.294. The molecule has 4 nitrogen and oxygen atoms in total. The molecule has 0 saturated carbocycles. The van der Waals surface area contributed by atoms with Gasteiger partial charge in [0.15, 0.2) is 11.5 Å². The number of methoxy groups -OCH3 is 2. The molecule has 0 fully saturated rings. The molecular weight excluding hydrogens is 251 g/mol. The lowest BCUT2D eigenvalue weighted by molar-refractivity contribution is -0.138. The van der Waals surface area contributed by atoms with Crippen molar-refractivity contribution >= 4 is 0 Å². The summed E-state index contributed by atoms with van der Waals surface area (Å²) >= 11 is 0. The molecule has 0 atom stereocenters. The molecule has 0 heterocycles. The van der Waals surface area contributed by atoms with Gasteiger partial charge in [0.1, 0.15) is 5.56 Å². The van der Waals surface area contributed by atoms with Gasteiger partial charge in [-0.05, 0) is 6.07 Å². The predicted molar refractivity (Wildman–Crippen MR) is 58.4 cm³/mol. The quantitative estimate of drug-likeness (QED) is 0.830. The molecule has 0 spiro atoms. The van der Waals surface area contributed by atoms with E-state index in [1.54, 1.807) is 0 Å². The number of hydroxylamine groups is 1. The summed E-state index contributed by atoms with van der Waals surface area (Å²) in [6, 6.07) is 2.27. The van der Waals surface area contributed by atoms with Crippen molar-refractivity contribution in [3.8, 4) is 11.5 Å². The zero-order chi connectivity index (χ0) is 13.8. The van der Waals surface area contributed by atoms with E-state index < -0.39 is 11.7 Å². The highest BCUT2D eigenvalue weighted by Crippen LogP contribution is 2.43. The summed E-state index contributed by atoms with van der Waals surface area (Å²) < 4.78 is 48.1. The molecule has 0 amide bonds. The standard InChI is InChI=1S/C11H14F3NO3/c1-16-9-7(6-15-18-3)4-5-8(10(9)17-2)11(12,13)14/h4-5,15H,6H2,1-3H3. The summed E-state index contributed by atoms with van der Waals surface area (Å²) in [5, 5.41) is 0. The van der Waals surface area contributed by atoms with Crippen LogP contribution in [-0.4, -0.2) is 21.3 Å². The summed E-state index contributed by atoms with van der Waals surface area (Å²) in [6.07, 6.45) is -4.49. The van der Waals surface area contributed by atoms with Gasteiger partial charge in [-0.3, -0.25) is 0 Å². The van der Waals surface area contributed by atoms with Crippen molar-refractivity contribution in [1.82, 2.24) is 5.48 Å². The van der Waals surface area contributed by atoms with Gasteiger partial charge in [0.25, 0.3) is 0 Å². The van der Waals surface area contributed by atoms with Crippen molar-refractivity contribution in [3.05, 3.63) is 23.3 Å². The monoisotopic (exact) mass is 265 g/mol. The lowest BCUT2D eigenvalue weighted by Gasteiger charge is -2.18. The highest BCUT2D eigenvalue weighted by atomic mass is 19.4. The topological polar surface area (TPSA) is 39.7 Å². The van der Waals surface area contributed by atoms with Gasteiger partial charge >= 0.3 is 6.18 Å². The Hall–Kier alpha value is -1.47. The van der Waals surface area contributed by atoms with Gasteiger partial charge in [-0.25, -0.2) is 0 Å². The van der Waals surface area contributed by atoms with E-state index in [4.69, 9.17) is 9.47 Å². The number of rotatable bonds is 5. The van der Waals surface area contributed by atoms with E-state index in [9.17, 15) is 13.2 Å². The first kappa shape index (κ1) is 14.6. The maximum atomic E-state index is 12.8. The molecule has 0 aromatic heterocycles. The molecule has 0 aliphatic heterocycles. The SMILES string of the molecule is CONCc1ccc(C(F)(F)F)c(OC)c1OC. The van der Waals surface area contributed by atoms with Crippen LogP contribution in [0.2, 0.25) is 0 Å². The molecule has 1 rings (SSSR count). The van der Waals surface area contributed by atoms with Gasteiger partial charge in [-0.15, -0.1) is 0 Å². The molecule has 18 heavy (non-hydrogen) atoms. The van der Waals surface area contributed by atoms with Crippen LogP contribution in [0.4, 0.5) is 13.2 Å². The number of halogens is 3. The van der Waals surface area contributed by atoms with Crippen LogP contribution in [0, 0.1) is 0 Å². The first-order valence-electron chi connectivity index (χ1n) is 5.02. The van der Waals surface area contributed by atoms with Gasteiger partial charge in [0.2, 0.25) is 0 Å². The van der Waals surface area contributed by atoms with Crippen LogP contribution in [0.15, 0.2) is 12.1 Å². The van der Waals surface area contributed by atoms with Crippen molar-refractivity contribution in [2.45, 2.75) is 12.7 Å². The minimum atomic E-state index is -4.49. The normalized spacial score (nSPS) is 11.4. The highest BCUT2D eigenvalue weighted by Gasteiger charge is 2.36. The predicted octanol–water partition coefficient (Wildman–Crippen LogP) is 2.37. The lowest BCUT2D eigenvalue weighted by Crippen LogP contribution is -2.14. The zero-order valence-corrected chi connectivity index (χ0v) is 10.2. The van der Waals surface area contributed by atoms with E-state index in [-0.39, 0.29) is 18.0 Å². The lowest BCUT2D eigenvalue weighted by atomic mass is 10.1. The van der Waals surface area contributed by atoms with Crippen molar-refractivity contribution < 1.29 is 27.5 Å². The number of benzene rings is 1. The van der Waals surface area contributed by atoms with E-state index in [1.807, 2.05) is 0 Å². The number of hydrogen-bond donors (Lipinski definition) is 1. The summed E-state index contributed by atoms with van der Waals surface area (Å²) in [4.78, 5) is 4.65. The number of alkyl halides is 3. The van der Waals surface area contributed by atoms with Crippen LogP contribution < -0.4 is 15.0 Å². The molecule has 1 aromatic rings. The van der Waals surface area contributed by atoms with Gasteiger partial charge in [-0.2, -0.15) is 18.7 Å². The van der Waals surface area contributed by atoms with Crippen LogP contribution >= 0.6 is 0 Å². The summed E-state index contributed by atoms with van der Waals surface area (Å²) in [7, 11) is 3.86. The van der Waals surface area contributed by atoms with E-state index in [0.29, 0.717) is 5.56 Å². The second-order valence-electron chi connectivity index (χ2n) is 3.36. The maximum Gasteiger partial charge on any atom is 0.420 e. The Morgan fingerprint density at radius 1 is 1.06 bits per heavy atom. The fourth-order valence-electron chi connectivity index (χ4n) is 1.54. The van der Waals surface area contributed by atoms with Crippen LogP contribution in [0.1, 0.15) is 11.1 Å². The average molecular weight is 265 g/mol. The Kier molecular flexibility index (Phi) is 4.80. The third kappa shape index (κ3) is 3.05. The summed E-state index contributed by atoms with van der Waals surface area (Å²) in [6.45, 7) is 0.203. The Morgan fingerprint density at radius 2 is 1.67 bits per heavy atom. The Bertz CT molecular complexity index is 407. The molecule has 0 saturated heterocycles. The third-order valence-corrected chi connectivity index (χ3v) is 2.31. The van der Waals surface area contributed by atoms with Crippen molar-refractivity contribution in [1.29, 1.82) is 0 Å². The number of ether oxygens (including phenoxy) is 2. The molecule has 0 unspecified atom stereocenters. The van der Waals surface area contributed by atoms with E-state index in [0.717, 1.165) is 6.07 Å². The molecule has 7 heteroatoms. The average Bonchev–Trinajstić information content (AvgIpc) is 2.33. The van der Waals surface area contributed by atoms with Gasteiger partial charge in [-0.1, -0.05) is 6.07 Å². The maximum absolute atomic E-state index is 12.8. The second kappa shape index (κ2) is 5.92. The Labute approximate surface area is 103 Å². The van der Waals surface area contributed by atoms with Gasteiger partial charge in [0.05, 0.1) is 21.3 Å². The zero-order valence-electron chi connectivity index (χ0n) is 10.2. The largest absolute Gasteiger partial charge is 0.493 e. The van der Waals surface area contributed by atoms with E-state index in [1.165, 1.54) is 27.4 Å². The third-order valence-electron chi connectivity index (χ3n) is 2.31. The molecule has 0 aliphatic rings. The highest BCUT2D eigenvalue weighted by molar-refractivity contribution is 5.53. The van der Waals surface area contributed by atoms with Crippen LogP contribution in [0.25, 0.3) is 0 Å². The molecule has 1 aromatic carbocycles. The summed E-state index contributed by atoms with van der Waals surface area (Å²) in [5.41, 5.74) is 2.16. The fraction of sp³-hybridized carbons (Fsp3) is 0.455.